The highest BCUT2D eigenvalue weighted by Crippen LogP contribution is 2.17. The van der Waals surface area contributed by atoms with Crippen molar-refractivity contribution in [2.24, 2.45) is 5.73 Å². The zero-order chi connectivity index (χ0) is 14.8. The summed E-state index contributed by atoms with van der Waals surface area (Å²) in [5.74, 6) is 0.764. The first-order chi connectivity index (χ1) is 9.69. The normalized spacial score (nSPS) is 10.8. The molecule has 0 unspecified atom stereocenters. The lowest BCUT2D eigenvalue weighted by atomic mass is 10.2. The quantitative estimate of drug-likeness (QED) is 0.529. The molecule has 0 aliphatic rings. The van der Waals surface area contributed by atoms with E-state index >= 15 is 0 Å². The van der Waals surface area contributed by atoms with Crippen LogP contribution in [0.25, 0.3) is 0 Å². The van der Waals surface area contributed by atoms with Crippen LogP contribution in [0.5, 0.6) is 5.75 Å². The number of para-hydroxylation sites is 1. The largest absolute Gasteiger partial charge is 0.493 e. The van der Waals surface area contributed by atoms with Crippen LogP contribution >= 0.6 is 12.2 Å². The van der Waals surface area contributed by atoms with E-state index in [9.17, 15) is 0 Å². The molecule has 4 nitrogen and oxygen atoms in total. The van der Waals surface area contributed by atoms with Gasteiger partial charge in [-0.05, 0) is 25.1 Å². The number of nitrogens with zero attached hydrogens (tertiary/aromatic N) is 1. The maximum Gasteiger partial charge on any atom is 0.129 e. The zero-order valence-corrected chi connectivity index (χ0v) is 13.1. The second kappa shape index (κ2) is 9.69. The van der Waals surface area contributed by atoms with Gasteiger partial charge in [0.05, 0.1) is 18.8 Å². The molecule has 1 aromatic rings. The molecule has 0 atom stereocenters. The number of likely N-dealkylation sites (N-methyl/N-ethyl adjacent to an activating group) is 1. The smallest absolute Gasteiger partial charge is 0.129 e. The van der Waals surface area contributed by atoms with Crippen molar-refractivity contribution in [3.05, 3.63) is 29.8 Å². The fourth-order valence-electron chi connectivity index (χ4n) is 1.91. The Balaban J connectivity index is 2.35. The standard InChI is InChI=1S/C15H24N2O2S/c1-3-17(10-12-18-2)9-6-11-19-14-8-5-4-7-13(14)15(16)20/h4-5,7-8H,3,6,9-12H2,1-2H3,(H2,16,20). The highest BCUT2D eigenvalue weighted by Gasteiger charge is 2.06. The molecule has 0 amide bonds. The number of ether oxygens (including phenoxy) is 2. The summed E-state index contributed by atoms with van der Waals surface area (Å²) in [5.41, 5.74) is 6.47. The third kappa shape index (κ3) is 5.86. The second-order valence-electron chi connectivity index (χ2n) is 4.49. The first-order valence-electron chi connectivity index (χ1n) is 6.92. The Morgan fingerprint density at radius 1 is 1.25 bits per heavy atom. The van der Waals surface area contributed by atoms with Crippen LogP contribution in [0.4, 0.5) is 0 Å². The number of rotatable bonds is 10. The van der Waals surface area contributed by atoms with E-state index in [4.69, 9.17) is 27.4 Å². The Hall–Kier alpha value is -1.17. The molecular formula is C15H24N2O2S. The van der Waals surface area contributed by atoms with Crippen LogP contribution in [-0.2, 0) is 4.74 Å². The monoisotopic (exact) mass is 296 g/mol. The number of hydrogen-bond acceptors (Lipinski definition) is 4. The average molecular weight is 296 g/mol. The van der Waals surface area contributed by atoms with Gasteiger partial charge in [-0.1, -0.05) is 31.3 Å². The summed E-state index contributed by atoms with van der Waals surface area (Å²) in [7, 11) is 1.73. The van der Waals surface area contributed by atoms with Gasteiger partial charge in [0, 0.05) is 20.2 Å². The maximum absolute atomic E-state index is 5.77. The lowest BCUT2D eigenvalue weighted by Gasteiger charge is -2.20. The topological polar surface area (TPSA) is 47.7 Å². The van der Waals surface area contributed by atoms with Crippen molar-refractivity contribution >= 4 is 17.2 Å². The molecule has 0 saturated carbocycles. The lowest BCUT2D eigenvalue weighted by Crippen LogP contribution is -2.29. The molecule has 1 rings (SSSR count). The van der Waals surface area contributed by atoms with Crippen molar-refractivity contribution in [1.82, 2.24) is 4.90 Å². The van der Waals surface area contributed by atoms with E-state index in [1.165, 1.54) is 0 Å². The van der Waals surface area contributed by atoms with Crippen molar-refractivity contribution in [3.63, 3.8) is 0 Å². The minimum absolute atomic E-state index is 0.371. The highest BCUT2D eigenvalue weighted by molar-refractivity contribution is 7.80. The van der Waals surface area contributed by atoms with Gasteiger partial charge in [0.2, 0.25) is 0 Å². The summed E-state index contributed by atoms with van der Waals surface area (Å²) in [4.78, 5) is 2.71. The second-order valence-corrected chi connectivity index (χ2v) is 4.93. The molecule has 112 valence electrons. The van der Waals surface area contributed by atoms with E-state index in [1.54, 1.807) is 7.11 Å². The van der Waals surface area contributed by atoms with E-state index in [2.05, 4.69) is 11.8 Å². The Morgan fingerprint density at radius 2 is 2.00 bits per heavy atom. The zero-order valence-electron chi connectivity index (χ0n) is 12.3. The first kappa shape index (κ1) is 16.9. The van der Waals surface area contributed by atoms with Gasteiger partial charge in [-0.3, -0.25) is 0 Å². The molecule has 0 aromatic heterocycles. The lowest BCUT2D eigenvalue weighted by molar-refractivity contribution is 0.146. The van der Waals surface area contributed by atoms with Gasteiger partial charge in [-0.25, -0.2) is 0 Å². The summed E-state index contributed by atoms with van der Waals surface area (Å²) in [6.07, 6.45) is 0.962. The van der Waals surface area contributed by atoms with Gasteiger partial charge >= 0.3 is 0 Å². The van der Waals surface area contributed by atoms with Crippen LogP contribution in [0.2, 0.25) is 0 Å². The Kier molecular flexibility index (Phi) is 8.18. The van der Waals surface area contributed by atoms with Crippen LogP contribution in [0.1, 0.15) is 18.9 Å². The van der Waals surface area contributed by atoms with E-state index in [0.29, 0.717) is 11.6 Å². The maximum atomic E-state index is 5.77. The van der Waals surface area contributed by atoms with Crippen LogP contribution < -0.4 is 10.5 Å². The third-order valence-corrected chi connectivity index (χ3v) is 3.31. The van der Waals surface area contributed by atoms with Crippen molar-refractivity contribution in [2.45, 2.75) is 13.3 Å². The summed E-state index contributed by atoms with van der Waals surface area (Å²) in [6, 6.07) is 7.62. The predicted octanol–water partition coefficient (Wildman–Crippen LogP) is 2.06. The number of nitrogens with two attached hydrogens (primary N) is 1. The summed E-state index contributed by atoms with van der Waals surface area (Å²) in [5, 5.41) is 0. The fraction of sp³-hybridized carbons (Fsp3) is 0.533. The molecule has 0 aliphatic carbocycles. The number of thiocarbonyl (C=S) groups is 1. The molecule has 0 radical (unpaired) electrons. The van der Waals surface area contributed by atoms with Crippen LogP contribution in [0.15, 0.2) is 24.3 Å². The molecule has 0 bridgehead atoms. The molecule has 0 spiro atoms. The van der Waals surface area contributed by atoms with Crippen molar-refractivity contribution in [3.8, 4) is 5.75 Å². The van der Waals surface area contributed by atoms with Gasteiger partial charge < -0.3 is 20.1 Å². The fourth-order valence-corrected chi connectivity index (χ4v) is 2.08. The predicted molar refractivity (Wildman–Crippen MR) is 86.4 cm³/mol. The number of hydrogen-bond donors (Lipinski definition) is 1. The van der Waals surface area contributed by atoms with Gasteiger partial charge in [0.1, 0.15) is 10.7 Å². The Labute approximate surface area is 126 Å². The Bertz CT molecular complexity index is 413. The van der Waals surface area contributed by atoms with Gasteiger partial charge in [0.25, 0.3) is 0 Å². The molecule has 0 heterocycles. The number of methoxy groups -OCH3 is 1. The molecule has 20 heavy (non-hydrogen) atoms. The number of benzene rings is 1. The highest BCUT2D eigenvalue weighted by atomic mass is 32.1. The van der Waals surface area contributed by atoms with E-state index < -0.39 is 0 Å². The molecule has 1 aromatic carbocycles. The summed E-state index contributed by atoms with van der Waals surface area (Å²) in [6.45, 7) is 6.54. The third-order valence-electron chi connectivity index (χ3n) is 3.09. The van der Waals surface area contributed by atoms with Crippen LogP contribution in [-0.4, -0.2) is 49.8 Å². The average Bonchev–Trinajstić information content (AvgIpc) is 2.46. The molecule has 0 saturated heterocycles. The molecule has 2 N–H and O–H groups in total. The van der Waals surface area contributed by atoms with Crippen LogP contribution in [0.3, 0.4) is 0 Å². The van der Waals surface area contributed by atoms with Crippen molar-refractivity contribution < 1.29 is 9.47 Å². The van der Waals surface area contributed by atoms with Gasteiger partial charge in [-0.2, -0.15) is 0 Å². The van der Waals surface area contributed by atoms with Gasteiger partial charge in [-0.15, -0.1) is 0 Å². The minimum Gasteiger partial charge on any atom is -0.493 e. The van der Waals surface area contributed by atoms with Crippen LogP contribution in [0, 0.1) is 0 Å². The SMILES string of the molecule is CCN(CCCOc1ccccc1C(N)=S)CCOC. The molecule has 0 fully saturated rings. The summed E-state index contributed by atoms with van der Waals surface area (Å²) >= 11 is 5.01. The van der Waals surface area contributed by atoms with Crippen molar-refractivity contribution in [2.75, 3.05) is 40.0 Å². The minimum atomic E-state index is 0.371. The molecule has 0 aliphatic heterocycles. The van der Waals surface area contributed by atoms with Gasteiger partial charge in [0.15, 0.2) is 0 Å². The Morgan fingerprint density at radius 3 is 2.65 bits per heavy atom. The van der Waals surface area contributed by atoms with E-state index in [-0.39, 0.29) is 0 Å². The molecule has 5 heteroatoms. The first-order valence-corrected chi connectivity index (χ1v) is 7.32. The van der Waals surface area contributed by atoms with E-state index in [0.717, 1.165) is 44.0 Å². The summed E-state index contributed by atoms with van der Waals surface area (Å²) < 4.78 is 10.9. The van der Waals surface area contributed by atoms with Crippen molar-refractivity contribution in [1.29, 1.82) is 0 Å². The molecular weight excluding hydrogens is 272 g/mol. The van der Waals surface area contributed by atoms with E-state index in [1.807, 2.05) is 24.3 Å².